The molecule has 6 heteroatoms. The number of nitrogens with one attached hydrogen (secondary N) is 1. The van der Waals surface area contributed by atoms with Gasteiger partial charge in [-0.2, -0.15) is 0 Å². The second kappa shape index (κ2) is 7.56. The molecule has 1 aromatic heterocycles. The van der Waals surface area contributed by atoms with Gasteiger partial charge in [-0.25, -0.2) is 4.79 Å². The molecule has 0 spiro atoms. The summed E-state index contributed by atoms with van der Waals surface area (Å²) in [5.41, 5.74) is 1.21. The maximum atomic E-state index is 12.0. The molecule has 0 fully saturated rings. The molecular formula is C16H15ClN2O3. The van der Waals surface area contributed by atoms with Crippen LogP contribution in [0.25, 0.3) is 0 Å². The van der Waals surface area contributed by atoms with Crippen molar-refractivity contribution < 1.29 is 14.3 Å². The van der Waals surface area contributed by atoms with Gasteiger partial charge in [0.25, 0.3) is 5.91 Å². The lowest BCUT2D eigenvalue weighted by Gasteiger charge is -2.06. The highest BCUT2D eigenvalue weighted by atomic mass is 35.5. The Balaban J connectivity index is 2.02. The molecule has 2 aromatic rings. The predicted molar refractivity (Wildman–Crippen MR) is 84.2 cm³/mol. The van der Waals surface area contributed by atoms with E-state index in [1.807, 2.05) is 6.92 Å². The van der Waals surface area contributed by atoms with E-state index < -0.39 is 0 Å². The third kappa shape index (κ3) is 4.30. The van der Waals surface area contributed by atoms with Crippen LogP contribution in [0.1, 0.15) is 34.2 Å². The summed E-state index contributed by atoms with van der Waals surface area (Å²) < 4.78 is 5.03. The van der Waals surface area contributed by atoms with Gasteiger partial charge in [-0.05, 0) is 42.8 Å². The minimum Gasteiger partial charge on any atom is -0.462 e. The molecule has 1 heterocycles. The summed E-state index contributed by atoms with van der Waals surface area (Å²) in [4.78, 5) is 27.6. The summed E-state index contributed by atoms with van der Waals surface area (Å²) in [5.74, 6) is -0.750. The van der Waals surface area contributed by atoms with Crippen molar-refractivity contribution in [2.24, 2.45) is 0 Å². The van der Waals surface area contributed by atoms with Crippen LogP contribution in [0.5, 0.6) is 0 Å². The van der Waals surface area contributed by atoms with Crippen molar-refractivity contribution in [2.75, 3.05) is 11.9 Å². The molecule has 0 bridgehead atoms. The molecular weight excluding hydrogens is 304 g/mol. The number of benzene rings is 1. The van der Waals surface area contributed by atoms with Crippen molar-refractivity contribution >= 4 is 29.2 Å². The Kier molecular flexibility index (Phi) is 5.49. The van der Waals surface area contributed by atoms with Gasteiger partial charge in [0.2, 0.25) is 0 Å². The molecule has 0 atom stereocenters. The van der Waals surface area contributed by atoms with Crippen LogP contribution < -0.4 is 5.32 Å². The molecule has 0 radical (unpaired) electrons. The zero-order valence-electron chi connectivity index (χ0n) is 12.0. The smallest absolute Gasteiger partial charge is 0.338 e. The first-order valence-corrected chi connectivity index (χ1v) is 7.18. The van der Waals surface area contributed by atoms with Gasteiger partial charge >= 0.3 is 5.97 Å². The van der Waals surface area contributed by atoms with Crippen molar-refractivity contribution in [3.63, 3.8) is 0 Å². The Morgan fingerprint density at radius 3 is 2.59 bits per heavy atom. The van der Waals surface area contributed by atoms with Crippen LogP contribution in [-0.4, -0.2) is 23.5 Å². The van der Waals surface area contributed by atoms with Crippen molar-refractivity contribution in [1.29, 1.82) is 0 Å². The minimum atomic E-state index is -0.378. The van der Waals surface area contributed by atoms with Crippen LogP contribution in [0.2, 0.25) is 5.02 Å². The van der Waals surface area contributed by atoms with Crippen molar-refractivity contribution in [3.8, 4) is 0 Å². The maximum absolute atomic E-state index is 12.0. The van der Waals surface area contributed by atoms with E-state index in [4.69, 9.17) is 16.3 Å². The van der Waals surface area contributed by atoms with E-state index in [-0.39, 0.29) is 17.6 Å². The third-order valence-electron chi connectivity index (χ3n) is 2.77. The molecule has 0 aliphatic rings. The number of esters is 1. The van der Waals surface area contributed by atoms with Crippen molar-refractivity contribution in [1.82, 2.24) is 4.98 Å². The lowest BCUT2D eigenvalue weighted by molar-refractivity contribution is 0.0505. The number of halogens is 1. The van der Waals surface area contributed by atoms with E-state index in [1.54, 1.807) is 30.3 Å². The number of hydrogen-bond donors (Lipinski definition) is 1. The van der Waals surface area contributed by atoms with Crippen LogP contribution in [-0.2, 0) is 4.74 Å². The standard InChI is InChI=1S/C16H15ClN2O3/c1-2-9-22-16(21)11-3-5-13(6-4-11)19-15(20)14-10-12(17)7-8-18-14/h3-8,10H,2,9H2,1H3,(H,19,20). The fraction of sp³-hybridized carbons (Fsp3) is 0.188. The van der Waals surface area contributed by atoms with E-state index in [1.165, 1.54) is 12.3 Å². The van der Waals surface area contributed by atoms with Crippen molar-refractivity contribution in [2.45, 2.75) is 13.3 Å². The molecule has 2 rings (SSSR count). The van der Waals surface area contributed by atoms with Gasteiger partial charge in [0.15, 0.2) is 0 Å². The number of anilines is 1. The zero-order chi connectivity index (χ0) is 15.9. The number of hydrogen-bond acceptors (Lipinski definition) is 4. The monoisotopic (exact) mass is 318 g/mol. The first-order chi connectivity index (χ1) is 10.6. The van der Waals surface area contributed by atoms with Crippen molar-refractivity contribution in [3.05, 3.63) is 58.9 Å². The molecule has 0 aliphatic heterocycles. The molecule has 1 aromatic carbocycles. The lowest BCUT2D eigenvalue weighted by Crippen LogP contribution is -2.13. The van der Waals surface area contributed by atoms with Crippen LogP contribution in [0, 0.1) is 0 Å². The van der Waals surface area contributed by atoms with Gasteiger partial charge in [-0.15, -0.1) is 0 Å². The number of aromatic nitrogens is 1. The predicted octanol–water partition coefficient (Wildman–Crippen LogP) is 3.55. The first-order valence-electron chi connectivity index (χ1n) is 6.80. The van der Waals surface area contributed by atoms with E-state index in [0.717, 1.165) is 6.42 Å². The average Bonchev–Trinajstić information content (AvgIpc) is 2.53. The SMILES string of the molecule is CCCOC(=O)c1ccc(NC(=O)c2cc(Cl)ccn2)cc1. The summed E-state index contributed by atoms with van der Waals surface area (Å²) >= 11 is 5.82. The van der Waals surface area contributed by atoms with E-state index >= 15 is 0 Å². The fourth-order valence-electron chi connectivity index (χ4n) is 1.69. The summed E-state index contributed by atoms with van der Waals surface area (Å²) in [6.07, 6.45) is 2.23. The number of rotatable bonds is 5. The summed E-state index contributed by atoms with van der Waals surface area (Å²) in [7, 11) is 0. The maximum Gasteiger partial charge on any atom is 0.338 e. The van der Waals surface area contributed by atoms with Crippen LogP contribution in [0.4, 0.5) is 5.69 Å². The number of carbonyl (C=O) groups is 2. The normalized spacial score (nSPS) is 10.1. The molecule has 0 aliphatic carbocycles. The Labute approximate surface area is 133 Å². The molecule has 1 amide bonds. The molecule has 5 nitrogen and oxygen atoms in total. The summed E-state index contributed by atoms with van der Waals surface area (Å²) in [6.45, 7) is 2.31. The highest BCUT2D eigenvalue weighted by Crippen LogP contribution is 2.13. The Morgan fingerprint density at radius 2 is 1.95 bits per heavy atom. The number of pyridine rings is 1. The second-order valence-electron chi connectivity index (χ2n) is 4.53. The van der Waals surface area contributed by atoms with Gasteiger partial charge < -0.3 is 10.1 Å². The summed E-state index contributed by atoms with van der Waals surface area (Å²) in [5, 5.41) is 3.12. The van der Waals surface area contributed by atoms with E-state index in [0.29, 0.717) is 22.9 Å². The number of nitrogens with zero attached hydrogens (tertiary/aromatic N) is 1. The lowest BCUT2D eigenvalue weighted by atomic mass is 10.2. The largest absolute Gasteiger partial charge is 0.462 e. The van der Waals surface area contributed by atoms with Crippen LogP contribution in [0.3, 0.4) is 0 Å². The molecule has 0 saturated heterocycles. The summed E-state index contributed by atoms with van der Waals surface area (Å²) in [6, 6.07) is 9.52. The second-order valence-corrected chi connectivity index (χ2v) is 4.96. The van der Waals surface area contributed by atoms with Gasteiger partial charge in [0.1, 0.15) is 5.69 Å². The number of ether oxygens (including phenoxy) is 1. The number of amides is 1. The molecule has 22 heavy (non-hydrogen) atoms. The van der Waals surface area contributed by atoms with Gasteiger partial charge in [-0.1, -0.05) is 18.5 Å². The Hall–Kier alpha value is -2.40. The van der Waals surface area contributed by atoms with Crippen LogP contribution in [0.15, 0.2) is 42.6 Å². The van der Waals surface area contributed by atoms with Gasteiger partial charge in [0.05, 0.1) is 12.2 Å². The zero-order valence-corrected chi connectivity index (χ0v) is 12.8. The molecule has 0 unspecified atom stereocenters. The number of carbonyl (C=O) groups excluding carboxylic acids is 2. The average molecular weight is 319 g/mol. The quantitative estimate of drug-likeness (QED) is 0.856. The van der Waals surface area contributed by atoms with Gasteiger partial charge in [-0.3, -0.25) is 9.78 Å². The fourth-order valence-corrected chi connectivity index (χ4v) is 1.85. The third-order valence-corrected chi connectivity index (χ3v) is 3.01. The first kappa shape index (κ1) is 16.0. The van der Waals surface area contributed by atoms with E-state index in [9.17, 15) is 9.59 Å². The van der Waals surface area contributed by atoms with Gasteiger partial charge in [0, 0.05) is 16.9 Å². The highest BCUT2D eigenvalue weighted by Gasteiger charge is 2.10. The topological polar surface area (TPSA) is 68.3 Å². The molecule has 1 N–H and O–H groups in total. The van der Waals surface area contributed by atoms with E-state index in [2.05, 4.69) is 10.3 Å². The minimum absolute atomic E-state index is 0.221. The Morgan fingerprint density at radius 1 is 1.23 bits per heavy atom. The highest BCUT2D eigenvalue weighted by molar-refractivity contribution is 6.30. The van der Waals surface area contributed by atoms with Crippen LogP contribution >= 0.6 is 11.6 Å². The Bertz CT molecular complexity index is 671. The molecule has 0 saturated carbocycles. The molecule has 114 valence electrons.